The summed E-state index contributed by atoms with van der Waals surface area (Å²) in [6.07, 6.45) is 3.35. The molecule has 0 spiro atoms. The zero-order valence-electron chi connectivity index (χ0n) is 11.3. The maximum atomic E-state index is 12.6. The summed E-state index contributed by atoms with van der Waals surface area (Å²) in [5.74, 6) is 0.0699. The molecule has 1 aromatic rings. The zero-order valence-corrected chi connectivity index (χ0v) is 11.3. The van der Waals surface area contributed by atoms with Crippen molar-refractivity contribution in [2.45, 2.75) is 25.9 Å². The van der Waals surface area contributed by atoms with Crippen LogP contribution in [0, 0.1) is 0 Å². The molecular formula is C13H20N4O2. The molecule has 104 valence electrons. The predicted molar refractivity (Wildman–Crippen MR) is 71.1 cm³/mol. The number of aromatic nitrogens is 2. The highest BCUT2D eigenvalue weighted by Crippen LogP contribution is 2.26. The number of anilines is 1. The number of likely N-dealkylation sites (N-methyl/N-ethyl adjacent to an activating group) is 1. The third-order valence-electron chi connectivity index (χ3n) is 3.93. The lowest BCUT2D eigenvalue weighted by Gasteiger charge is -2.35. The number of aryl methyl sites for hydroxylation is 1. The van der Waals surface area contributed by atoms with Gasteiger partial charge in [-0.05, 0) is 19.4 Å². The van der Waals surface area contributed by atoms with Crippen molar-refractivity contribution in [3.8, 4) is 0 Å². The number of hydrogen-bond acceptors (Lipinski definition) is 4. The van der Waals surface area contributed by atoms with E-state index in [2.05, 4.69) is 22.0 Å². The molecule has 0 radical (unpaired) electrons. The van der Waals surface area contributed by atoms with Crippen molar-refractivity contribution in [3.63, 3.8) is 0 Å². The summed E-state index contributed by atoms with van der Waals surface area (Å²) in [5, 5.41) is 7.01. The second-order valence-corrected chi connectivity index (χ2v) is 5.08. The molecule has 1 saturated heterocycles. The van der Waals surface area contributed by atoms with Crippen molar-refractivity contribution in [2.24, 2.45) is 0 Å². The summed E-state index contributed by atoms with van der Waals surface area (Å²) in [6, 6.07) is 0. The van der Waals surface area contributed by atoms with Gasteiger partial charge >= 0.3 is 0 Å². The quantitative estimate of drug-likeness (QED) is 0.840. The number of carbonyl (C=O) groups is 1. The molecule has 1 aromatic heterocycles. The maximum absolute atomic E-state index is 12.6. The second-order valence-electron chi connectivity index (χ2n) is 5.08. The van der Waals surface area contributed by atoms with Crippen LogP contribution in [-0.4, -0.2) is 59.9 Å². The van der Waals surface area contributed by atoms with E-state index < -0.39 is 0 Å². The summed E-state index contributed by atoms with van der Waals surface area (Å²) in [7, 11) is 0. The topological polar surface area (TPSA) is 61.5 Å². The number of morpholine rings is 1. The Morgan fingerprint density at radius 1 is 1.58 bits per heavy atom. The standard InChI is InChI=1S/C13H20N4O2/c1-2-16-6-7-19-12(9-16)13(18)17-5-3-4-10-11(17)8-14-15-10/h8,12H,2-7,9H2,1H3,(H,14,15). The highest BCUT2D eigenvalue weighted by molar-refractivity contribution is 5.97. The monoisotopic (exact) mass is 264 g/mol. The molecule has 0 aliphatic carbocycles. The van der Waals surface area contributed by atoms with Crippen molar-refractivity contribution in [1.29, 1.82) is 0 Å². The van der Waals surface area contributed by atoms with Crippen LogP contribution in [0.1, 0.15) is 19.0 Å². The first-order valence-electron chi connectivity index (χ1n) is 6.97. The summed E-state index contributed by atoms with van der Waals surface area (Å²) >= 11 is 0. The minimum absolute atomic E-state index is 0.0699. The summed E-state index contributed by atoms with van der Waals surface area (Å²) in [4.78, 5) is 16.7. The fourth-order valence-electron chi connectivity index (χ4n) is 2.80. The molecular weight excluding hydrogens is 244 g/mol. The van der Waals surface area contributed by atoms with Crippen molar-refractivity contribution < 1.29 is 9.53 Å². The third-order valence-corrected chi connectivity index (χ3v) is 3.93. The van der Waals surface area contributed by atoms with Gasteiger partial charge in [0.1, 0.15) is 6.10 Å². The van der Waals surface area contributed by atoms with Crippen molar-refractivity contribution in [1.82, 2.24) is 15.1 Å². The molecule has 1 amide bonds. The molecule has 0 bridgehead atoms. The van der Waals surface area contributed by atoms with E-state index in [1.54, 1.807) is 6.20 Å². The molecule has 1 unspecified atom stereocenters. The van der Waals surface area contributed by atoms with Crippen molar-refractivity contribution in [2.75, 3.05) is 37.7 Å². The fourth-order valence-corrected chi connectivity index (χ4v) is 2.80. The van der Waals surface area contributed by atoms with E-state index >= 15 is 0 Å². The zero-order chi connectivity index (χ0) is 13.2. The van der Waals surface area contributed by atoms with E-state index in [4.69, 9.17) is 4.74 Å². The fraction of sp³-hybridized carbons (Fsp3) is 0.692. The van der Waals surface area contributed by atoms with Gasteiger partial charge in [0.05, 0.1) is 24.2 Å². The van der Waals surface area contributed by atoms with Crippen LogP contribution in [0.5, 0.6) is 0 Å². The maximum Gasteiger partial charge on any atom is 0.257 e. The summed E-state index contributed by atoms with van der Waals surface area (Å²) in [5.41, 5.74) is 1.98. The lowest BCUT2D eigenvalue weighted by atomic mass is 10.1. The van der Waals surface area contributed by atoms with E-state index in [1.807, 2.05) is 4.90 Å². The average Bonchev–Trinajstić information content (AvgIpc) is 2.95. The van der Waals surface area contributed by atoms with Gasteiger partial charge < -0.3 is 9.64 Å². The van der Waals surface area contributed by atoms with Crippen LogP contribution in [-0.2, 0) is 16.0 Å². The number of ether oxygens (including phenoxy) is 1. The first kappa shape index (κ1) is 12.6. The smallest absolute Gasteiger partial charge is 0.257 e. The number of amides is 1. The Morgan fingerprint density at radius 3 is 3.32 bits per heavy atom. The van der Waals surface area contributed by atoms with Crippen LogP contribution in [0.25, 0.3) is 0 Å². The summed E-state index contributed by atoms with van der Waals surface area (Å²) < 4.78 is 5.65. The van der Waals surface area contributed by atoms with E-state index in [0.717, 1.165) is 43.9 Å². The van der Waals surface area contributed by atoms with Gasteiger partial charge in [0.25, 0.3) is 5.91 Å². The number of H-pyrrole nitrogens is 1. The van der Waals surface area contributed by atoms with Gasteiger partial charge in [-0.25, -0.2) is 0 Å². The first-order valence-corrected chi connectivity index (χ1v) is 6.97. The molecule has 2 aliphatic heterocycles. The lowest BCUT2D eigenvalue weighted by Crippen LogP contribution is -2.52. The largest absolute Gasteiger partial charge is 0.366 e. The van der Waals surface area contributed by atoms with Crippen LogP contribution in [0.15, 0.2) is 6.20 Å². The van der Waals surface area contributed by atoms with Crippen LogP contribution in [0.4, 0.5) is 5.69 Å². The Bertz CT molecular complexity index is 459. The number of rotatable bonds is 2. The van der Waals surface area contributed by atoms with Gasteiger partial charge in [-0.3, -0.25) is 14.8 Å². The molecule has 1 N–H and O–H groups in total. The van der Waals surface area contributed by atoms with Crippen molar-refractivity contribution in [3.05, 3.63) is 11.9 Å². The number of fused-ring (bicyclic) bond motifs is 1. The second kappa shape index (κ2) is 5.30. The Hall–Kier alpha value is -1.40. The van der Waals surface area contributed by atoms with Gasteiger partial charge in [0, 0.05) is 19.6 Å². The lowest BCUT2D eigenvalue weighted by molar-refractivity contribution is -0.135. The highest BCUT2D eigenvalue weighted by atomic mass is 16.5. The van der Waals surface area contributed by atoms with E-state index in [-0.39, 0.29) is 12.0 Å². The molecule has 1 atom stereocenters. The third kappa shape index (κ3) is 2.37. The van der Waals surface area contributed by atoms with Gasteiger partial charge in [-0.1, -0.05) is 6.92 Å². The van der Waals surface area contributed by atoms with Crippen LogP contribution in [0.3, 0.4) is 0 Å². The van der Waals surface area contributed by atoms with Crippen LogP contribution < -0.4 is 4.90 Å². The van der Waals surface area contributed by atoms with Gasteiger partial charge in [-0.15, -0.1) is 0 Å². The molecule has 0 saturated carbocycles. The Kier molecular flexibility index (Phi) is 3.52. The molecule has 19 heavy (non-hydrogen) atoms. The van der Waals surface area contributed by atoms with Crippen LogP contribution >= 0.6 is 0 Å². The number of nitrogens with one attached hydrogen (secondary N) is 1. The molecule has 0 aromatic carbocycles. The Labute approximate surface area is 112 Å². The van der Waals surface area contributed by atoms with Gasteiger partial charge in [0.2, 0.25) is 0 Å². The first-order chi connectivity index (χ1) is 9.29. The number of nitrogens with zero attached hydrogens (tertiary/aromatic N) is 3. The van der Waals surface area contributed by atoms with E-state index in [9.17, 15) is 4.79 Å². The number of carbonyl (C=O) groups excluding carboxylic acids is 1. The van der Waals surface area contributed by atoms with Gasteiger partial charge in [0.15, 0.2) is 0 Å². The molecule has 6 nitrogen and oxygen atoms in total. The molecule has 2 aliphatic rings. The minimum atomic E-state index is -0.338. The Balaban J connectivity index is 1.74. The number of aromatic amines is 1. The SMILES string of the molecule is CCN1CCOC(C(=O)N2CCCc3[nH]ncc32)C1. The average molecular weight is 264 g/mol. The normalized spacial score (nSPS) is 24.3. The van der Waals surface area contributed by atoms with E-state index in [1.165, 1.54) is 0 Å². The summed E-state index contributed by atoms with van der Waals surface area (Å²) in [6.45, 7) is 6.08. The minimum Gasteiger partial charge on any atom is -0.366 e. The molecule has 3 heterocycles. The van der Waals surface area contributed by atoms with Gasteiger partial charge in [-0.2, -0.15) is 5.10 Å². The number of hydrogen-bond donors (Lipinski definition) is 1. The molecule has 1 fully saturated rings. The molecule has 3 rings (SSSR count). The Morgan fingerprint density at radius 2 is 2.47 bits per heavy atom. The van der Waals surface area contributed by atoms with Crippen LogP contribution in [0.2, 0.25) is 0 Å². The highest BCUT2D eigenvalue weighted by Gasteiger charge is 2.33. The van der Waals surface area contributed by atoms with Crippen molar-refractivity contribution >= 4 is 11.6 Å². The van der Waals surface area contributed by atoms with E-state index in [0.29, 0.717) is 13.2 Å². The predicted octanol–water partition coefficient (Wildman–Crippen LogP) is 0.410. The molecule has 6 heteroatoms.